The van der Waals surface area contributed by atoms with E-state index < -0.39 is 0 Å². The van der Waals surface area contributed by atoms with Crippen molar-refractivity contribution in [3.05, 3.63) is 34.9 Å². The molecule has 0 radical (unpaired) electrons. The molecule has 1 N–H and O–H groups in total. The number of halogens is 1. The molecule has 0 aliphatic heterocycles. The molecule has 0 bridgehead atoms. The fourth-order valence-electron chi connectivity index (χ4n) is 0.884. The molecule has 0 aliphatic carbocycles. The van der Waals surface area contributed by atoms with Gasteiger partial charge in [-0.05, 0) is 19.1 Å². The number of hydrogen-bond donors (Lipinski definition) is 1. The quantitative estimate of drug-likeness (QED) is 0.343. The van der Waals surface area contributed by atoms with Crippen LogP contribution in [0.25, 0.3) is 0 Å². The van der Waals surface area contributed by atoms with Gasteiger partial charge in [-0.15, -0.1) is 0 Å². The smallest absolute Gasteiger partial charge is 0.210 e. The lowest BCUT2D eigenvalue weighted by Gasteiger charge is -1.98. The molecule has 0 amide bonds. The highest BCUT2D eigenvalue weighted by Gasteiger charge is 2.09. The van der Waals surface area contributed by atoms with Gasteiger partial charge < -0.3 is 5.21 Å². The Morgan fingerprint density at radius 3 is 2.77 bits per heavy atom. The molecule has 4 heteroatoms. The highest BCUT2D eigenvalue weighted by atomic mass is 35.5. The van der Waals surface area contributed by atoms with Gasteiger partial charge in [-0.3, -0.25) is 4.79 Å². The Morgan fingerprint density at radius 1 is 1.54 bits per heavy atom. The molecule has 0 atom stereocenters. The maximum absolute atomic E-state index is 11.4. The molecule has 1 aromatic carbocycles. The molecule has 0 aliphatic rings. The van der Waals surface area contributed by atoms with Crippen molar-refractivity contribution in [2.75, 3.05) is 0 Å². The van der Waals surface area contributed by atoms with Crippen LogP contribution < -0.4 is 0 Å². The van der Waals surface area contributed by atoms with E-state index in [1.54, 1.807) is 18.2 Å². The monoisotopic (exact) mass is 197 g/mol. The average Bonchev–Trinajstić information content (AvgIpc) is 2.15. The van der Waals surface area contributed by atoms with Crippen LogP contribution in [0.3, 0.4) is 0 Å². The van der Waals surface area contributed by atoms with Crippen LogP contribution >= 0.6 is 11.6 Å². The fourth-order valence-corrected chi connectivity index (χ4v) is 1.07. The summed E-state index contributed by atoms with van der Waals surface area (Å²) in [7, 11) is 0. The van der Waals surface area contributed by atoms with Gasteiger partial charge >= 0.3 is 0 Å². The van der Waals surface area contributed by atoms with E-state index in [1.165, 1.54) is 13.0 Å². The van der Waals surface area contributed by atoms with E-state index in [0.29, 0.717) is 10.6 Å². The van der Waals surface area contributed by atoms with Crippen LogP contribution in [0, 0.1) is 0 Å². The zero-order valence-corrected chi connectivity index (χ0v) is 7.75. The lowest BCUT2D eigenvalue weighted by atomic mass is 10.1. The highest BCUT2D eigenvalue weighted by Crippen LogP contribution is 2.11. The van der Waals surface area contributed by atoms with E-state index in [1.807, 2.05) is 0 Å². The Bertz CT molecular complexity index is 360. The van der Waals surface area contributed by atoms with Crippen molar-refractivity contribution in [2.24, 2.45) is 5.16 Å². The molecule has 0 aromatic heterocycles. The molecule has 3 nitrogen and oxygen atoms in total. The number of carbonyl (C=O) groups is 1. The summed E-state index contributed by atoms with van der Waals surface area (Å²) in [6.07, 6.45) is 0. The van der Waals surface area contributed by atoms with Gasteiger partial charge in [-0.25, -0.2) is 0 Å². The number of benzene rings is 1. The maximum Gasteiger partial charge on any atom is 0.210 e. The van der Waals surface area contributed by atoms with Crippen molar-refractivity contribution in [2.45, 2.75) is 6.92 Å². The lowest BCUT2D eigenvalue weighted by molar-refractivity contribution is 0.106. The van der Waals surface area contributed by atoms with Gasteiger partial charge in [0.1, 0.15) is 5.71 Å². The lowest BCUT2D eigenvalue weighted by Crippen LogP contribution is -2.10. The van der Waals surface area contributed by atoms with Crippen LogP contribution in [0.4, 0.5) is 0 Å². The van der Waals surface area contributed by atoms with E-state index in [-0.39, 0.29) is 11.5 Å². The third-order valence-corrected chi connectivity index (χ3v) is 1.80. The second-order valence-corrected chi connectivity index (χ2v) is 2.96. The summed E-state index contributed by atoms with van der Waals surface area (Å²) < 4.78 is 0. The molecule has 1 rings (SSSR count). The molecule has 0 saturated carbocycles. The summed E-state index contributed by atoms with van der Waals surface area (Å²) in [5.41, 5.74) is 0.463. The Balaban J connectivity index is 3.03. The van der Waals surface area contributed by atoms with Crippen LogP contribution in [0.15, 0.2) is 29.4 Å². The van der Waals surface area contributed by atoms with Crippen molar-refractivity contribution < 1.29 is 10.0 Å². The van der Waals surface area contributed by atoms with Crippen LogP contribution in [0.1, 0.15) is 17.3 Å². The van der Waals surface area contributed by atoms with E-state index in [9.17, 15) is 4.79 Å². The highest BCUT2D eigenvalue weighted by molar-refractivity contribution is 6.45. The van der Waals surface area contributed by atoms with E-state index in [2.05, 4.69) is 5.16 Å². The van der Waals surface area contributed by atoms with Gasteiger partial charge in [0.15, 0.2) is 0 Å². The Labute approximate surface area is 80.6 Å². The summed E-state index contributed by atoms with van der Waals surface area (Å²) in [6.45, 7) is 1.43. The third kappa shape index (κ3) is 2.29. The first-order valence-electron chi connectivity index (χ1n) is 3.64. The number of carbonyl (C=O) groups excluding carboxylic acids is 1. The Morgan fingerprint density at radius 2 is 2.23 bits per heavy atom. The van der Waals surface area contributed by atoms with Crippen LogP contribution in [0.2, 0.25) is 5.02 Å². The predicted molar refractivity (Wildman–Crippen MR) is 50.7 cm³/mol. The average molecular weight is 198 g/mol. The van der Waals surface area contributed by atoms with E-state index in [4.69, 9.17) is 16.8 Å². The number of Topliss-reactive ketones (excluding diaryl/α,β-unsaturated/α-hetero) is 1. The second kappa shape index (κ2) is 4.05. The summed E-state index contributed by atoms with van der Waals surface area (Å²) in [4.78, 5) is 11.4. The van der Waals surface area contributed by atoms with Gasteiger partial charge in [0.25, 0.3) is 0 Å². The standard InChI is InChI=1S/C9H8ClNO2/c1-6(11-13)9(12)7-3-2-4-8(10)5-7/h2-5,13H,1H3. The van der Waals surface area contributed by atoms with Crippen molar-refractivity contribution >= 4 is 23.1 Å². The normalized spacial score (nSPS) is 11.4. The molecule has 1 aromatic rings. The number of nitrogens with zero attached hydrogens (tertiary/aromatic N) is 1. The first kappa shape index (κ1) is 9.74. The third-order valence-electron chi connectivity index (χ3n) is 1.57. The summed E-state index contributed by atoms with van der Waals surface area (Å²) in [5.74, 6) is -0.329. The number of hydrogen-bond acceptors (Lipinski definition) is 3. The molecule has 0 saturated heterocycles. The summed E-state index contributed by atoms with van der Waals surface area (Å²) >= 11 is 5.68. The molecule has 0 unspecified atom stereocenters. The summed E-state index contributed by atoms with van der Waals surface area (Å²) in [5, 5.41) is 11.7. The van der Waals surface area contributed by atoms with E-state index in [0.717, 1.165) is 0 Å². The molecule has 0 fully saturated rings. The SMILES string of the molecule is CC(=NO)C(=O)c1cccc(Cl)c1. The van der Waals surface area contributed by atoms with Gasteiger partial charge in [0, 0.05) is 10.6 Å². The number of ketones is 1. The minimum Gasteiger partial charge on any atom is -0.411 e. The molecule has 0 heterocycles. The fraction of sp³-hybridized carbons (Fsp3) is 0.111. The van der Waals surface area contributed by atoms with Crippen molar-refractivity contribution in [1.82, 2.24) is 0 Å². The predicted octanol–water partition coefficient (Wildman–Crippen LogP) is 2.37. The minimum atomic E-state index is -0.329. The van der Waals surface area contributed by atoms with E-state index >= 15 is 0 Å². The maximum atomic E-state index is 11.4. The Kier molecular flexibility index (Phi) is 3.03. The number of oxime groups is 1. The Hall–Kier alpha value is -1.35. The second-order valence-electron chi connectivity index (χ2n) is 2.52. The zero-order valence-electron chi connectivity index (χ0n) is 6.99. The first-order chi connectivity index (χ1) is 6.15. The minimum absolute atomic E-state index is 0.0438. The van der Waals surface area contributed by atoms with Gasteiger partial charge in [-0.1, -0.05) is 28.9 Å². The summed E-state index contributed by atoms with van der Waals surface area (Å²) in [6, 6.07) is 6.48. The molecular formula is C9H8ClNO2. The van der Waals surface area contributed by atoms with Crippen molar-refractivity contribution in [3.63, 3.8) is 0 Å². The van der Waals surface area contributed by atoms with Gasteiger partial charge in [-0.2, -0.15) is 0 Å². The molecular weight excluding hydrogens is 190 g/mol. The molecule has 13 heavy (non-hydrogen) atoms. The topological polar surface area (TPSA) is 49.7 Å². The van der Waals surface area contributed by atoms with Crippen molar-refractivity contribution in [3.8, 4) is 0 Å². The number of rotatable bonds is 2. The first-order valence-corrected chi connectivity index (χ1v) is 4.02. The van der Waals surface area contributed by atoms with Crippen LogP contribution in [0.5, 0.6) is 0 Å². The molecule has 0 spiro atoms. The van der Waals surface area contributed by atoms with Crippen LogP contribution in [-0.2, 0) is 0 Å². The van der Waals surface area contributed by atoms with Crippen LogP contribution in [-0.4, -0.2) is 16.7 Å². The largest absolute Gasteiger partial charge is 0.411 e. The van der Waals surface area contributed by atoms with Crippen molar-refractivity contribution in [1.29, 1.82) is 0 Å². The molecule has 68 valence electrons. The zero-order chi connectivity index (χ0) is 9.84. The van der Waals surface area contributed by atoms with Gasteiger partial charge in [0.05, 0.1) is 0 Å². The van der Waals surface area contributed by atoms with Gasteiger partial charge in [0.2, 0.25) is 5.78 Å².